The van der Waals surface area contributed by atoms with E-state index >= 15 is 0 Å². The third-order valence-corrected chi connectivity index (χ3v) is 4.19. The minimum absolute atomic E-state index is 0.0115. The summed E-state index contributed by atoms with van der Waals surface area (Å²) in [6, 6.07) is 0.188. The van der Waals surface area contributed by atoms with Gasteiger partial charge in [-0.1, -0.05) is 6.92 Å². The first-order valence-electron chi connectivity index (χ1n) is 7.66. The molecule has 1 aromatic heterocycles. The van der Waals surface area contributed by atoms with E-state index in [2.05, 4.69) is 48.1 Å². The molecule has 2 heterocycles. The highest BCUT2D eigenvalue weighted by Crippen LogP contribution is 2.29. The van der Waals surface area contributed by atoms with Crippen molar-refractivity contribution in [3.05, 3.63) is 5.82 Å². The fourth-order valence-electron chi connectivity index (χ4n) is 2.98. The van der Waals surface area contributed by atoms with Gasteiger partial charge in [-0.2, -0.15) is 0 Å². The van der Waals surface area contributed by atoms with Gasteiger partial charge in [-0.05, 0) is 63.5 Å². The Hall–Kier alpha value is -1.50. The predicted molar refractivity (Wildman–Crippen MR) is 79.3 cm³/mol. The van der Waals surface area contributed by atoms with Crippen molar-refractivity contribution >= 4 is 5.91 Å². The van der Waals surface area contributed by atoms with Crippen LogP contribution in [0.15, 0.2) is 0 Å². The molecular formula is C14H26N6O. The Morgan fingerprint density at radius 1 is 1.38 bits per heavy atom. The summed E-state index contributed by atoms with van der Waals surface area (Å²) < 4.78 is 1.90. The van der Waals surface area contributed by atoms with Crippen LogP contribution in [-0.4, -0.2) is 44.1 Å². The number of likely N-dealkylation sites (tertiary alicyclic amines) is 1. The van der Waals surface area contributed by atoms with E-state index in [-0.39, 0.29) is 23.4 Å². The summed E-state index contributed by atoms with van der Waals surface area (Å²) in [5.74, 6) is 0.738. The average molecular weight is 294 g/mol. The molecule has 1 aliphatic heterocycles. The van der Waals surface area contributed by atoms with Crippen LogP contribution in [0.2, 0.25) is 0 Å². The number of rotatable bonds is 4. The molecule has 0 aliphatic carbocycles. The van der Waals surface area contributed by atoms with Gasteiger partial charge in [0.25, 0.3) is 0 Å². The molecule has 1 amide bonds. The van der Waals surface area contributed by atoms with Crippen molar-refractivity contribution in [3.8, 4) is 0 Å². The normalized spacial score (nSPS) is 19.6. The van der Waals surface area contributed by atoms with Gasteiger partial charge in [-0.25, -0.2) is 4.68 Å². The van der Waals surface area contributed by atoms with Crippen LogP contribution in [-0.2, 0) is 10.3 Å². The number of piperidine rings is 1. The SMILES string of the molecule is CC[C@H](c1nnnn1C(C)(C)C)N1CCC(C(N)=O)CC1. The average Bonchev–Trinajstić information content (AvgIpc) is 2.89. The largest absolute Gasteiger partial charge is 0.369 e. The molecule has 0 radical (unpaired) electrons. The molecule has 7 heteroatoms. The Kier molecular flexibility index (Phi) is 4.61. The molecule has 7 nitrogen and oxygen atoms in total. The Morgan fingerprint density at radius 2 is 2.00 bits per heavy atom. The van der Waals surface area contributed by atoms with Crippen LogP contribution in [0.4, 0.5) is 0 Å². The zero-order chi connectivity index (χ0) is 15.6. The van der Waals surface area contributed by atoms with E-state index in [1.807, 2.05) is 4.68 Å². The lowest BCUT2D eigenvalue weighted by atomic mass is 9.94. The van der Waals surface area contributed by atoms with Gasteiger partial charge in [0, 0.05) is 5.92 Å². The Morgan fingerprint density at radius 3 is 2.48 bits per heavy atom. The van der Waals surface area contributed by atoms with Crippen LogP contribution in [0.5, 0.6) is 0 Å². The number of primary amides is 1. The molecule has 0 bridgehead atoms. The van der Waals surface area contributed by atoms with Crippen molar-refractivity contribution in [3.63, 3.8) is 0 Å². The van der Waals surface area contributed by atoms with E-state index in [1.165, 1.54) is 0 Å². The van der Waals surface area contributed by atoms with E-state index in [1.54, 1.807) is 0 Å². The van der Waals surface area contributed by atoms with Crippen LogP contribution in [0.1, 0.15) is 58.8 Å². The first-order valence-corrected chi connectivity index (χ1v) is 7.66. The number of amides is 1. The summed E-state index contributed by atoms with van der Waals surface area (Å²) >= 11 is 0. The Balaban J connectivity index is 2.15. The summed E-state index contributed by atoms with van der Waals surface area (Å²) in [6.45, 7) is 10.2. The molecule has 2 N–H and O–H groups in total. The fraction of sp³-hybridized carbons (Fsp3) is 0.857. The monoisotopic (exact) mass is 294 g/mol. The van der Waals surface area contributed by atoms with Crippen molar-refractivity contribution in [2.45, 2.75) is 58.5 Å². The second-order valence-electron chi connectivity index (χ2n) is 6.76. The van der Waals surface area contributed by atoms with E-state index in [0.29, 0.717) is 0 Å². The third-order valence-electron chi connectivity index (χ3n) is 4.19. The fourth-order valence-corrected chi connectivity index (χ4v) is 2.98. The number of carbonyl (C=O) groups is 1. The standard InChI is InChI=1S/C14H26N6O/c1-5-11(13-16-17-18-20(13)14(2,3)4)19-8-6-10(7-9-19)12(15)21/h10-11H,5-9H2,1-4H3,(H2,15,21)/t11-/m1/s1. The third kappa shape index (κ3) is 3.40. The molecule has 1 saturated heterocycles. The van der Waals surface area contributed by atoms with Gasteiger partial charge >= 0.3 is 0 Å². The van der Waals surface area contributed by atoms with Gasteiger partial charge in [0.1, 0.15) is 0 Å². The highest BCUT2D eigenvalue weighted by molar-refractivity contribution is 5.76. The van der Waals surface area contributed by atoms with Crippen LogP contribution >= 0.6 is 0 Å². The van der Waals surface area contributed by atoms with Crippen molar-refractivity contribution in [2.24, 2.45) is 11.7 Å². The minimum atomic E-state index is -0.178. The number of tetrazole rings is 1. The van der Waals surface area contributed by atoms with Crippen LogP contribution in [0, 0.1) is 5.92 Å². The summed E-state index contributed by atoms with van der Waals surface area (Å²) in [5.41, 5.74) is 5.26. The first kappa shape index (κ1) is 15.9. The number of nitrogens with two attached hydrogens (primary N) is 1. The van der Waals surface area contributed by atoms with Gasteiger partial charge in [0.2, 0.25) is 5.91 Å². The van der Waals surface area contributed by atoms with Crippen molar-refractivity contribution < 1.29 is 4.79 Å². The highest BCUT2D eigenvalue weighted by atomic mass is 16.1. The highest BCUT2D eigenvalue weighted by Gasteiger charge is 2.32. The molecule has 1 aromatic rings. The second kappa shape index (κ2) is 6.09. The lowest BCUT2D eigenvalue weighted by Crippen LogP contribution is -2.42. The quantitative estimate of drug-likeness (QED) is 0.897. The lowest BCUT2D eigenvalue weighted by molar-refractivity contribution is -0.123. The predicted octanol–water partition coefficient (Wildman–Crippen LogP) is 1.08. The molecule has 0 spiro atoms. The summed E-state index contributed by atoms with van der Waals surface area (Å²) in [5, 5.41) is 12.3. The van der Waals surface area contributed by atoms with Gasteiger partial charge in [-0.3, -0.25) is 9.69 Å². The minimum Gasteiger partial charge on any atom is -0.369 e. The van der Waals surface area contributed by atoms with E-state index < -0.39 is 0 Å². The van der Waals surface area contributed by atoms with Gasteiger partial charge in [0.15, 0.2) is 5.82 Å². The van der Waals surface area contributed by atoms with Gasteiger partial charge in [0.05, 0.1) is 11.6 Å². The number of hydrogen-bond acceptors (Lipinski definition) is 5. The molecule has 2 rings (SSSR count). The van der Waals surface area contributed by atoms with E-state index in [9.17, 15) is 4.79 Å². The van der Waals surface area contributed by atoms with Gasteiger partial charge < -0.3 is 5.73 Å². The molecule has 21 heavy (non-hydrogen) atoms. The molecule has 1 atom stereocenters. The molecule has 118 valence electrons. The number of nitrogens with zero attached hydrogens (tertiary/aromatic N) is 5. The van der Waals surface area contributed by atoms with Crippen LogP contribution in [0.3, 0.4) is 0 Å². The van der Waals surface area contributed by atoms with E-state index in [0.717, 1.165) is 38.2 Å². The van der Waals surface area contributed by atoms with Crippen molar-refractivity contribution in [2.75, 3.05) is 13.1 Å². The van der Waals surface area contributed by atoms with Crippen molar-refractivity contribution in [1.29, 1.82) is 0 Å². The maximum absolute atomic E-state index is 11.3. The maximum atomic E-state index is 11.3. The Labute approximate surface area is 125 Å². The topological polar surface area (TPSA) is 89.9 Å². The maximum Gasteiger partial charge on any atom is 0.220 e. The second-order valence-corrected chi connectivity index (χ2v) is 6.76. The lowest BCUT2D eigenvalue weighted by Gasteiger charge is -2.36. The number of aromatic nitrogens is 4. The molecule has 1 fully saturated rings. The Bertz CT molecular complexity index is 484. The number of hydrogen-bond donors (Lipinski definition) is 1. The van der Waals surface area contributed by atoms with Gasteiger partial charge in [-0.15, -0.1) is 5.10 Å². The van der Waals surface area contributed by atoms with Crippen molar-refractivity contribution in [1.82, 2.24) is 25.1 Å². The first-order chi connectivity index (χ1) is 9.84. The van der Waals surface area contributed by atoms with E-state index in [4.69, 9.17) is 5.73 Å². The summed E-state index contributed by atoms with van der Waals surface area (Å²) in [6.07, 6.45) is 2.59. The molecular weight excluding hydrogens is 268 g/mol. The molecule has 1 aliphatic rings. The zero-order valence-corrected chi connectivity index (χ0v) is 13.4. The van der Waals surface area contributed by atoms with Crippen LogP contribution in [0.25, 0.3) is 0 Å². The zero-order valence-electron chi connectivity index (χ0n) is 13.4. The molecule has 0 saturated carbocycles. The number of carbonyl (C=O) groups excluding carboxylic acids is 1. The summed E-state index contributed by atoms with van der Waals surface area (Å²) in [4.78, 5) is 13.7. The smallest absolute Gasteiger partial charge is 0.220 e. The molecule has 0 aromatic carbocycles. The van der Waals surface area contributed by atoms with Crippen LogP contribution < -0.4 is 5.73 Å². The summed E-state index contributed by atoms with van der Waals surface area (Å²) in [7, 11) is 0. The molecule has 0 unspecified atom stereocenters.